The Balaban J connectivity index is 2.57. The summed E-state index contributed by atoms with van der Waals surface area (Å²) in [5, 5.41) is 10.7. The van der Waals surface area contributed by atoms with Gasteiger partial charge in [-0.05, 0) is 6.07 Å². The maximum atomic E-state index is 11.1. The first kappa shape index (κ1) is 8.91. The lowest BCUT2D eigenvalue weighted by atomic mass is 10.1. The molecule has 0 aliphatic heterocycles. The van der Waals surface area contributed by atoms with Crippen LogP contribution in [0, 0.1) is 0 Å². The number of aromatic amines is 1. The van der Waals surface area contributed by atoms with Crippen LogP contribution in [0.4, 0.5) is 0 Å². The van der Waals surface area contributed by atoms with E-state index in [4.69, 9.17) is 5.11 Å². The highest BCUT2D eigenvalue weighted by Gasteiger charge is 2.13. The quantitative estimate of drug-likeness (QED) is 0.651. The van der Waals surface area contributed by atoms with Crippen LogP contribution in [-0.2, 0) is 0 Å². The third-order valence-corrected chi connectivity index (χ3v) is 2.64. The van der Waals surface area contributed by atoms with Gasteiger partial charge in [-0.15, -0.1) is 0 Å². The molecule has 0 unspecified atom stereocenters. The van der Waals surface area contributed by atoms with Crippen molar-refractivity contribution < 1.29 is 9.90 Å². The van der Waals surface area contributed by atoms with Crippen LogP contribution >= 0.6 is 0 Å². The minimum Gasteiger partial charge on any atom is -0.478 e. The highest BCUT2D eigenvalue weighted by molar-refractivity contribution is 6.15. The van der Waals surface area contributed by atoms with Crippen molar-refractivity contribution in [2.24, 2.45) is 0 Å². The number of carboxylic acids is 1. The van der Waals surface area contributed by atoms with Crippen LogP contribution in [0.15, 0.2) is 36.7 Å². The van der Waals surface area contributed by atoms with Crippen molar-refractivity contribution in [2.45, 2.75) is 0 Å². The molecule has 0 amide bonds. The van der Waals surface area contributed by atoms with Crippen molar-refractivity contribution in [2.75, 3.05) is 0 Å². The summed E-state index contributed by atoms with van der Waals surface area (Å²) in [6, 6.07) is 7.62. The number of nitrogens with zero attached hydrogens (tertiary/aromatic N) is 1. The van der Waals surface area contributed by atoms with Crippen molar-refractivity contribution in [3.63, 3.8) is 0 Å². The molecule has 0 aliphatic rings. The van der Waals surface area contributed by atoms with E-state index in [1.54, 1.807) is 6.20 Å². The number of carbonyl (C=O) groups is 1. The molecule has 0 saturated carbocycles. The van der Waals surface area contributed by atoms with Crippen molar-refractivity contribution in [1.82, 2.24) is 9.97 Å². The largest absolute Gasteiger partial charge is 0.478 e. The fraction of sp³-hybridized carbons (Fsp3) is 0. The lowest BCUT2D eigenvalue weighted by molar-refractivity contribution is 0.0698. The average molecular weight is 212 g/mol. The molecule has 1 aromatic carbocycles. The summed E-state index contributed by atoms with van der Waals surface area (Å²) in [6.45, 7) is 0. The van der Waals surface area contributed by atoms with E-state index in [-0.39, 0.29) is 5.56 Å². The van der Waals surface area contributed by atoms with Crippen molar-refractivity contribution in [3.8, 4) is 0 Å². The predicted molar refractivity (Wildman–Crippen MR) is 60.6 cm³/mol. The highest BCUT2D eigenvalue weighted by Crippen LogP contribution is 2.27. The van der Waals surface area contributed by atoms with Crippen molar-refractivity contribution in [3.05, 3.63) is 42.2 Å². The fourth-order valence-electron chi connectivity index (χ4n) is 1.96. The van der Waals surface area contributed by atoms with Gasteiger partial charge in [-0.3, -0.25) is 4.98 Å². The summed E-state index contributed by atoms with van der Waals surface area (Å²) in [6.07, 6.45) is 3.02. The molecule has 0 spiro atoms. The molecule has 16 heavy (non-hydrogen) atoms. The second-order valence-electron chi connectivity index (χ2n) is 3.59. The molecule has 0 bridgehead atoms. The Bertz CT molecular complexity index is 700. The molecule has 4 nitrogen and oxygen atoms in total. The van der Waals surface area contributed by atoms with Crippen LogP contribution in [0.2, 0.25) is 0 Å². The smallest absolute Gasteiger partial charge is 0.337 e. The average Bonchev–Trinajstić information content (AvgIpc) is 2.66. The van der Waals surface area contributed by atoms with Crippen molar-refractivity contribution >= 4 is 27.8 Å². The number of hydrogen-bond donors (Lipinski definition) is 2. The van der Waals surface area contributed by atoms with Gasteiger partial charge < -0.3 is 10.1 Å². The molecular formula is C12H8N2O2. The highest BCUT2D eigenvalue weighted by atomic mass is 16.4. The number of aromatic carboxylic acids is 1. The van der Waals surface area contributed by atoms with E-state index in [2.05, 4.69) is 9.97 Å². The van der Waals surface area contributed by atoms with Crippen molar-refractivity contribution in [1.29, 1.82) is 0 Å². The Hall–Kier alpha value is -2.36. The van der Waals surface area contributed by atoms with E-state index in [1.165, 1.54) is 6.20 Å². The van der Waals surface area contributed by atoms with Crippen LogP contribution in [0.25, 0.3) is 21.8 Å². The van der Waals surface area contributed by atoms with E-state index in [9.17, 15) is 4.79 Å². The molecule has 4 heteroatoms. The zero-order chi connectivity index (χ0) is 11.1. The van der Waals surface area contributed by atoms with Crippen LogP contribution in [-0.4, -0.2) is 21.0 Å². The van der Waals surface area contributed by atoms with Gasteiger partial charge in [-0.1, -0.05) is 18.2 Å². The number of rotatable bonds is 1. The van der Waals surface area contributed by atoms with Crippen LogP contribution < -0.4 is 0 Å². The Morgan fingerprint density at radius 2 is 2.00 bits per heavy atom. The molecule has 78 valence electrons. The summed E-state index contributed by atoms with van der Waals surface area (Å²) < 4.78 is 0. The first-order valence-corrected chi connectivity index (χ1v) is 4.85. The maximum Gasteiger partial charge on any atom is 0.337 e. The molecule has 0 atom stereocenters. The van der Waals surface area contributed by atoms with E-state index in [1.807, 2.05) is 24.3 Å². The van der Waals surface area contributed by atoms with Crippen LogP contribution in [0.3, 0.4) is 0 Å². The Morgan fingerprint density at radius 3 is 2.81 bits per heavy atom. The van der Waals surface area contributed by atoms with Gasteiger partial charge in [-0.2, -0.15) is 0 Å². The Kier molecular flexibility index (Phi) is 1.71. The number of aromatic nitrogens is 2. The summed E-state index contributed by atoms with van der Waals surface area (Å²) in [5.41, 5.74) is 1.91. The van der Waals surface area contributed by atoms with E-state index in [0.29, 0.717) is 0 Å². The van der Waals surface area contributed by atoms with Gasteiger partial charge in [0.15, 0.2) is 0 Å². The summed E-state index contributed by atoms with van der Waals surface area (Å²) in [7, 11) is 0. The van der Waals surface area contributed by atoms with Crippen LogP contribution in [0.5, 0.6) is 0 Å². The molecule has 0 aliphatic carbocycles. The summed E-state index contributed by atoms with van der Waals surface area (Å²) >= 11 is 0. The minimum absolute atomic E-state index is 0.231. The van der Waals surface area contributed by atoms with Gasteiger partial charge in [0.05, 0.1) is 17.3 Å². The number of para-hydroxylation sites is 1. The molecule has 2 aromatic heterocycles. The lowest BCUT2D eigenvalue weighted by Crippen LogP contribution is -1.97. The van der Waals surface area contributed by atoms with Gasteiger partial charge in [0.2, 0.25) is 0 Å². The zero-order valence-electron chi connectivity index (χ0n) is 8.27. The van der Waals surface area contributed by atoms with E-state index in [0.717, 1.165) is 21.8 Å². The number of carboxylic acid groups (broad SMARTS) is 1. The zero-order valence-corrected chi connectivity index (χ0v) is 8.27. The second kappa shape index (κ2) is 3.06. The van der Waals surface area contributed by atoms with Gasteiger partial charge in [-0.25, -0.2) is 4.79 Å². The monoisotopic (exact) mass is 212 g/mol. The molecule has 3 aromatic rings. The molecule has 2 N–H and O–H groups in total. The molecule has 0 fully saturated rings. The number of nitrogens with one attached hydrogen (secondary N) is 1. The summed E-state index contributed by atoms with van der Waals surface area (Å²) in [5.74, 6) is -0.956. The number of benzene rings is 1. The second-order valence-corrected chi connectivity index (χ2v) is 3.59. The Morgan fingerprint density at radius 1 is 1.19 bits per heavy atom. The normalized spacial score (nSPS) is 11.0. The van der Waals surface area contributed by atoms with Gasteiger partial charge in [0.25, 0.3) is 0 Å². The maximum absolute atomic E-state index is 11.1. The fourth-order valence-corrected chi connectivity index (χ4v) is 1.96. The topological polar surface area (TPSA) is 66.0 Å². The van der Waals surface area contributed by atoms with E-state index < -0.39 is 5.97 Å². The molecule has 0 saturated heterocycles. The molecule has 0 radical (unpaired) electrons. The summed E-state index contributed by atoms with van der Waals surface area (Å²) in [4.78, 5) is 18.2. The minimum atomic E-state index is -0.956. The SMILES string of the molecule is O=C(O)c1cncc2[nH]c3ccccc3c12. The van der Waals surface area contributed by atoms with Gasteiger partial charge in [0, 0.05) is 22.5 Å². The molecular weight excluding hydrogens is 204 g/mol. The Labute approximate surface area is 90.5 Å². The predicted octanol–water partition coefficient (Wildman–Crippen LogP) is 2.41. The number of hydrogen-bond acceptors (Lipinski definition) is 2. The number of pyridine rings is 1. The third-order valence-electron chi connectivity index (χ3n) is 2.64. The standard InChI is InChI=1S/C12H8N2O2/c15-12(16)8-5-13-6-10-11(8)7-3-1-2-4-9(7)14-10/h1-6,14H,(H,15,16). The van der Waals surface area contributed by atoms with E-state index >= 15 is 0 Å². The number of fused-ring (bicyclic) bond motifs is 3. The molecule has 2 heterocycles. The van der Waals surface area contributed by atoms with Crippen LogP contribution in [0.1, 0.15) is 10.4 Å². The number of H-pyrrole nitrogens is 1. The lowest BCUT2D eigenvalue weighted by Gasteiger charge is -1.96. The van der Waals surface area contributed by atoms with Gasteiger partial charge >= 0.3 is 5.97 Å². The van der Waals surface area contributed by atoms with Gasteiger partial charge in [0.1, 0.15) is 0 Å². The molecule has 3 rings (SSSR count). The first-order valence-electron chi connectivity index (χ1n) is 4.85. The third kappa shape index (κ3) is 1.10. The first-order chi connectivity index (χ1) is 7.77.